The average molecular weight is 325 g/mol. The number of benzene rings is 1. The molecule has 0 aliphatic carbocycles. The zero-order chi connectivity index (χ0) is 17.2. The fraction of sp³-hybridized carbons (Fsp3) is 0.235. The first kappa shape index (κ1) is 17.1. The molecule has 1 aromatic heterocycles. The zero-order valence-electron chi connectivity index (χ0n) is 13.4. The minimum atomic E-state index is -0.303. The molecule has 0 fully saturated rings. The number of aromatic nitrogens is 1. The number of carbonyl (C=O) groups is 1. The highest BCUT2D eigenvalue weighted by molar-refractivity contribution is 5.89. The Bertz CT molecular complexity index is 710. The molecule has 0 atom stereocenters. The lowest BCUT2D eigenvalue weighted by atomic mass is 10.3. The SMILES string of the molecule is CCOc1ccc(NC(=O)NCCNc2ncccc2C#N)cc1. The first-order valence-corrected chi connectivity index (χ1v) is 7.59. The van der Waals surface area contributed by atoms with Crippen LogP contribution in [0.3, 0.4) is 0 Å². The van der Waals surface area contributed by atoms with Crippen molar-refractivity contribution in [2.75, 3.05) is 30.3 Å². The van der Waals surface area contributed by atoms with Crippen molar-refractivity contribution in [2.45, 2.75) is 6.92 Å². The number of rotatable bonds is 7. The van der Waals surface area contributed by atoms with Gasteiger partial charge in [0.25, 0.3) is 0 Å². The molecule has 2 amide bonds. The second-order valence-electron chi connectivity index (χ2n) is 4.78. The molecule has 0 saturated heterocycles. The maximum Gasteiger partial charge on any atom is 0.319 e. The number of urea groups is 1. The quantitative estimate of drug-likeness (QED) is 0.680. The van der Waals surface area contributed by atoms with Crippen molar-refractivity contribution in [3.63, 3.8) is 0 Å². The number of anilines is 2. The van der Waals surface area contributed by atoms with Crippen LogP contribution in [0.4, 0.5) is 16.3 Å². The zero-order valence-corrected chi connectivity index (χ0v) is 13.4. The van der Waals surface area contributed by atoms with Crippen molar-refractivity contribution in [1.82, 2.24) is 10.3 Å². The number of hydrogen-bond acceptors (Lipinski definition) is 5. The normalized spacial score (nSPS) is 9.67. The fourth-order valence-electron chi connectivity index (χ4n) is 1.97. The highest BCUT2D eigenvalue weighted by atomic mass is 16.5. The lowest BCUT2D eigenvalue weighted by molar-refractivity contribution is 0.252. The third kappa shape index (κ3) is 5.18. The number of ether oxygens (including phenoxy) is 1. The van der Waals surface area contributed by atoms with Crippen molar-refractivity contribution < 1.29 is 9.53 Å². The van der Waals surface area contributed by atoms with E-state index in [-0.39, 0.29) is 6.03 Å². The van der Waals surface area contributed by atoms with E-state index in [2.05, 4.69) is 27.0 Å². The minimum Gasteiger partial charge on any atom is -0.494 e. The van der Waals surface area contributed by atoms with E-state index in [1.165, 1.54) is 0 Å². The van der Waals surface area contributed by atoms with Crippen LogP contribution in [-0.4, -0.2) is 30.7 Å². The molecular weight excluding hydrogens is 306 g/mol. The van der Waals surface area contributed by atoms with E-state index >= 15 is 0 Å². The summed E-state index contributed by atoms with van der Waals surface area (Å²) >= 11 is 0. The van der Waals surface area contributed by atoms with E-state index in [0.29, 0.717) is 36.8 Å². The third-order valence-electron chi connectivity index (χ3n) is 3.05. The van der Waals surface area contributed by atoms with E-state index in [0.717, 1.165) is 5.75 Å². The Kier molecular flexibility index (Phi) is 6.41. The fourth-order valence-corrected chi connectivity index (χ4v) is 1.97. The van der Waals surface area contributed by atoms with Crippen molar-refractivity contribution in [3.05, 3.63) is 48.2 Å². The predicted molar refractivity (Wildman–Crippen MR) is 92.1 cm³/mol. The van der Waals surface area contributed by atoms with Crippen LogP contribution in [0.2, 0.25) is 0 Å². The second-order valence-corrected chi connectivity index (χ2v) is 4.78. The van der Waals surface area contributed by atoms with Gasteiger partial charge in [-0.25, -0.2) is 9.78 Å². The highest BCUT2D eigenvalue weighted by Crippen LogP contribution is 2.15. The van der Waals surface area contributed by atoms with Gasteiger partial charge in [-0.2, -0.15) is 5.26 Å². The topological polar surface area (TPSA) is 99.1 Å². The summed E-state index contributed by atoms with van der Waals surface area (Å²) in [7, 11) is 0. The van der Waals surface area contributed by atoms with Gasteiger partial charge in [-0.3, -0.25) is 0 Å². The molecule has 7 heteroatoms. The molecule has 0 bridgehead atoms. The number of carbonyl (C=O) groups excluding carboxylic acids is 1. The van der Waals surface area contributed by atoms with Gasteiger partial charge >= 0.3 is 6.03 Å². The first-order valence-electron chi connectivity index (χ1n) is 7.59. The minimum absolute atomic E-state index is 0.303. The first-order chi connectivity index (χ1) is 11.7. The summed E-state index contributed by atoms with van der Waals surface area (Å²) < 4.78 is 5.34. The van der Waals surface area contributed by atoms with Gasteiger partial charge < -0.3 is 20.7 Å². The maximum absolute atomic E-state index is 11.8. The number of pyridine rings is 1. The monoisotopic (exact) mass is 325 g/mol. The number of amides is 2. The number of nitriles is 1. The summed E-state index contributed by atoms with van der Waals surface area (Å²) in [5, 5.41) is 17.4. The van der Waals surface area contributed by atoms with Gasteiger partial charge in [-0.1, -0.05) is 0 Å². The van der Waals surface area contributed by atoms with E-state index in [1.54, 1.807) is 42.6 Å². The second kappa shape index (κ2) is 9.00. The Hall–Kier alpha value is -3.27. The molecule has 0 aliphatic rings. The highest BCUT2D eigenvalue weighted by Gasteiger charge is 2.03. The Morgan fingerprint density at radius 3 is 2.75 bits per heavy atom. The summed E-state index contributed by atoms with van der Waals surface area (Å²) in [6.07, 6.45) is 1.61. The standard InChI is InChI=1S/C17H19N5O2/c1-2-24-15-7-5-14(6-8-15)22-17(23)21-11-10-20-16-13(12-18)4-3-9-19-16/h3-9H,2,10-11H2,1H3,(H,19,20)(H2,21,22,23). The molecule has 0 saturated carbocycles. The predicted octanol–water partition coefficient (Wildman–Crippen LogP) is 2.59. The van der Waals surface area contributed by atoms with E-state index in [4.69, 9.17) is 10.00 Å². The van der Waals surface area contributed by atoms with Crippen LogP contribution >= 0.6 is 0 Å². The molecule has 24 heavy (non-hydrogen) atoms. The van der Waals surface area contributed by atoms with Gasteiger partial charge in [-0.15, -0.1) is 0 Å². The molecule has 3 N–H and O–H groups in total. The van der Waals surface area contributed by atoms with Gasteiger partial charge in [0.2, 0.25) is 0 Å². The van der Waals surface area contributed by atoms with Crippen LogP contribution in [0, 0.1) is 11.3 Å². The van der Waals surface area contributed by atoms with Crippen LogP contribution < -0.4 is 20.7 Å². The van der Waals surface area contributed by atoms with Gasteiger partial charge in [0.15, 0.2) is 0 Å². The molecule has 0 aliphatic heterocycles. The third-order valence-corrected chi connectivity index (χ3v) is 3.05. The Labute approximate surface area is 140 Å². The molecule has 0 unspecified atom stereocenters. The van der Waals surface area contributed by atoms with Gasteiger partial charge in [0, 0.05) is 25.0 Å². The van der Waals surface area contributed by atoms with Crippen LogP contribution in [-0.2, 0) is 0 Å². The number of nitrogens with zero attached hydrogens (tertiary/aromatic N) is 2. The summed E-state index contributed by atoms with van der Waals surface area (Å²) in [6, 6.07) is 12.3. The van der Waals surface area contributed by atoms with Gasteiger partial charge in [0.05, 0.1) is 12.2 Å². The largest absolute Gasteiger partial charge is 0.494 e. The smallest absolute Gasteiger partial charge is 0.319 e. The lowest BCUT2D eigenvalue weighted by Crippen LogP contribution is -2.32. The van der Waals surface area contributed by atoms with Crippen molar-refractivity contribution in [2.24, 2.45) is 0 Å². The summed E-state index contributed by atoms with van der Waals surface area (Å²) in [4.78, 5) is 15.9. The van der Waals surface area contributed by atoms with Gasteiger partial charge in [-0.05, 0) is 43.3 Å². The Morgan fingerprint density at radius 2 is 2.04 bits per heavy atom. The molecule has 7 nitrogen and oxygen atoms in total. The summed E-state index contributed by atoms with van der Waals surface area (Å²) in [5.41, 5.74) is 1.15. The van der Waals surface area contributed by atoms with Crippen molar-refractivity contribution in [3.8, 4) is 11.8 Å². The molecule has 1 heterocycles. The van der Waals surface area contributed by atoms with E-state index in [1.807, 2.05) is 6.92 Å². The van der Waals surface area contributed by atoms with Crippen LogP contribution in [0.25, 0.3) is 0 Å². The molecule has 2 rings (SSSR count). The molecule has 0 spiro atoms. The lowest BCUT2D eigenvalue weighted by Gasteiger charge is -2.10. The van der Waals surface area contributed by atoms with E-state index < -0.39 is 0 Å². The van der Waals surface area contributed by atoms with Crippen LogP contribution in [0.15, 0.2) is 42.6 Å². The Morgan fingerprint density at radius 1 is 1.25 bits per heavy atom. The van der Waals surface area contributed by atoms with Crippen molar-refractivity contribution >= 4 is 17.5 Å². The number of nitrogens with one attached hydrogen (secondary N) is 3. The molecule has 124 valence electrons. The van der Waals surface area contributed by atoms with E-state index in [9.17, 15) is 4.79 Å². The van der Waals surface area contributed by atoms with Crippen LogP contribution in [0.5, 0.6) is 5.75 Å². The molecule has 0 radical (unpaired) electrons. The molecule has 1 aromatic carbocycles. The van der Waals surface area contributed by atoms with Crippen LogP contribution in [0.1, 0.15) is 12.5 Å². The molecular formula is C17H19N5O2. The summed E-state index contributed by atoms with van der Waals surface area (Å²) in [6.45, 7) is 3.37. The van der Waals surface area contributed by atoms with Crippen molar-refractivity contribution in [1.29, 1.82) is 5.26 Å². The van der Waals surface area contributed by atoms with Gasteiger partial charge in [0.1, 0.15) is 17.6 Å². The summed E-state index contributed by atoms with van der Waals surface area (Å²) in [5.74, 6) is 1.27. The Balaban J connectivity index is 1.72. The number of hydrogen-bond donors (Lipinski definition) is 3. The maximum atomic E-state index is 11.8. The average Bonchev–Trinajstić information content (AvgIpc) is 2.61. The molecule has 2 aromatic rings.